The lowest BCUT2D eigenvalue weighted by molar-refractivity contribution is 0.261. The van der Waals surface area contributed by atoms with Gasteiger partial charge in [-0.3, -0.25) is 0 Å². The van der Waals surface area contributed by atoms with Crippen LogP contribution >= 0.6 is 0 Å². The molecule has 0 saturated heterocycles. The molecule has 0 aliphatic heterocycles. The van der Waals surface area contributed by atoms with Crippen LogP contribution in [0, 0.1) is 0 Å². The molecule has 0 bridgehead atoms. The van der Waals surface area contributed by atoms with E-state index in [1.54, 1.807) is 0 Å². The lowest BCUT2D eigenvalue weighted by atomic mass is 10.1. The van der Waals surface area contributed by atoms with Crippen molar-refractivity contribution in [1.82, 2.24) is 0 Å². The molecule has 1 unspecified atom stereocenters. The number of para-hydroxylation sites is 2. The van der Waals surface area contributed by atoms with Gasteiger partial charge in [-0.1, -0.05) is 26.0 Å². The molecule has 1 rings (SSSR count). The van der Waals surface area contributed by atoms with Crippen molar-refractivity contribution in [1.29, 1.82) is 0 Å². The van der Waals surface area contributed by atoms with Crippen LogP contribution in [-0.4, -0.2) is 19.3 Å². The van der Waals surface area contributed by atoms with Gasteiger partial charge in [-0.2, -0.15) is 0 Å². The molecule has 0 heterocycles. The number of nitrogens with two attached hydrogens (primary N) is 1. The molecule has 0 fully saturated rings. The summed E-state index contributed by atoms with van der Waals surface area (Å²) in [4.78, 5) is 0. The highest BCUT2D eigenvalue weighted by atomic mass is 16.5. The van der Waals surface area contributed by atoms with Gasteiger partial charge in [0.25, 0.3) is 0 Å². The molecule has 3 heteroatoms. The quantitative estimate of drug-likeness (QED) is 0.684. The fourth-order valence-electron chi connectivity index (χ4n) is 1.63. The van der Waals surface area contributed by atoms with Gasteiger partial charge in [-0.15, -0.1) is 0 Å². The maximum atomic E-state index is 5.87. The number of hydrogen-bond acceptors (Lipinski definition) is 3. The Bertz CT molecular complexity index is 328. The summed E-state index contributed by atoms with van der Waals surface area (Å²) in [5.74, 6) is 1.66. The van der Waals surface area contributed by atoms with E-state index in [9.17, 15) is 0 Å². The van der Waals surface area contributed by atoms with Crippen molar-refractivity contribution in [3.63, 3.8) is 0 Å². The summed E-state index contributed by atoms with van der Waals surface area (Å²) in [6.45, 7) is 5.62. The van der Waals surface area contributed by atoms with Crippen molar-refractivity contribution in [2.45, 2.75) is 45.6 Å². The molecule has 1 atom stereocenters. The van der Waals surface area contributed by atoms with E-state index in [2.05, 4.69) is 13.8 Å². The minimum absolute atomic E-state index is 0.292. The Kier molecular flexibility index (Phi) is 7.26. The van der Waals surface area contributed by atoms with E-state index < -0.39 is 0 Å². The molecule has 3 nitrogen and oxygen atoms in total. The summed E-state index contributed by atoms with van der Waals surface area (Å²) >= 11 is 0. The highest BCUT2D eigenvalue weighted by molar-refractivity contribution is 5.39. The third kappa shape index (κ3) is 5.41. The molecule has 0 radical (unpaired) electrons. The molecule has 0 spiro atoms. The maximum absolute atomic E-state index is 5.87. The first-order valence-corrected chi connectivity index (χ1v) is 6.88. The summed E-state index contributed by atoms with van der Waals surface area (Å²) in [5.41, 5.74) is 5.87. The minimum atomic E-state index is 0.292. The van der Waals surface area contributed by atoms with Gasteiger partial charge in [0.05, 0.1) is 13.2 Å². The SMILES string of the molecule is CCCOc1ccccc1OCCCC(N)CC. The number of rotatable bonds is 9. The normalized spacial score (nSPS) is 12.2. The Morgan fingerprint density at radius 1 is 1.06 bits per heavy atom. The molecular formula is C15H25NO2. The standard InChI is InChI=1S/C15H25NO2/c1-3-11-17-14-9-5-6-10-15(14)18-12-7-8-13(16)4-2/h5-6,9-10,13H,3-4,7-8,11-12,16H2,1-2H3. The zero-order chi connectivity index (χ0) is 13.2. The van der Waals surface area contributed by atoms with Crippen molar-refractivity contribution >= 4 is 0 Å². The zero-order valence-corrected chi connectivity index (χ0v) is 11.5. The van der Waals surface area contributed by atoms with E-state index >= 15 is 0 Å². The second-order valence-electron chi connectivity index (χ2n) is 4.45. The van der Waals surface area contributed by atoms with Gasteiger partial charge in [0, 0.05) is 6.04 Å². The van der Waals surface area contributed by atoms with Gasteiger partial charge in [-0.05, 0) is 37.8 Å². The first-order chi connectivity index (χ1) is 8.77. The van der Waals surface area contributed by atoms with Crippen molar-refractivity contribution in [2.75, 3.05) is 13.2 Å². The smallest absolute Gasteiger partial charge is 0.161 e. The number of benzene rings is 1. The number of ether oxygens (including phenoxy) is 2. The van der Waals surface area contributed by atoms with Crippen LogP contribution < -0.4 is 15.2 Å². The van der Waals surface area contributed by atoms with Crippen LogP contribution in [0.3, 0.4) is 0 Å². The van der Waals surface area contributed by atoms with Crippen LogP contribution in [0.2, 0.25) is 0 Å². The van der Waals surface area contributed by atoms with E-state index in [-0.39, 0.29) is 0 Å². The molecule has 1 aromatic rings. The maximum Gasteiger partial charge on any atom is 0.161 e. The van der Waals surface area contributed by atoms with Crippen LogP contribution in [0.15, 0.2) is 24.3 Å². The molecule has 0 aliphatic rings. The van der Waals surface area contributed by atoms with E-state index in [0.29, 0.717) is 12.6 Å². The first-order valence-electron chi connectivity index (χ1n) is 6.88. The van der Waals surface area contributed by atoms with Gasteiger partial charge >= 0.3 is 0 Å². The van der Waals surface area contributed by atoms with Gasteiger partial charge in [0.15, 0.2) is 11.5 Å². The van der Waals surface area contributed by atoms with Crippen LogP contribution in [0.4, 0.5) is 0 Å². The summed E-state index contributed by atoms with van der Waals surface area (Å²) < 4.78 is 11.4. The van der Waals surface area contributed by atoms with Gasteiger partial charge in [0.2, 0.25) is 0 Å². The first kappa shape index (κ1) is 14.8. The van der Waals surface area contributed by atoms with Crippen LogP contribution in [-0.2, 0) is 0 Å². The lowest BCUT2D eigenvalue weighted by Gasteiger charge is -2.13. The van der Waals surface area contributed by atoms with Crippen LogP contribution in [0.1, 0.15) is 39.5 Å². The Balaban J connectivity index is 2.36. The molecule has 2 N–H and O–H groups in total. The second-order valence-corrected chi connectivity index (χ2v) is 4.45. The second kappa shape index (κ2) is 8.81. The molecule has 0 amide bonds. The monoisotopic (exact) mass is 251 g/mol. The number of hydrogen-bond donors (Lipinski definition) is 1. The summed E-state index contributed by atoms with van der Waals surface area (Å²) in [6.07, 6.45) is 4.02. The van der Waals surface area contributed by atoms with E-state index in [1.807, 2.05) is 24.3 Å². The highest BCUT2D eigenvalue weighted by Gasteiger charge is 2.04. The molecule has 102 valence electrons. The van der Waals surface area contributed by atoms with Crippen molar-refractivity contribution in [3.05, 3.63) is 24.3 Å². The average Bonchev–Trinajstić information content (AvgIpc) is 2.42. The largest absolute Gasteiger partial charge is 0.490 e. The Hall–Kier alpha value is -1.22. The molecule has 0 saturated carbocycles. The van der Waals surface area contributed by atoms with Crippen molar-refractivity contribution in [2.24, 2.45) is 5.73 Å². The molecule has 1 aromatic carbocycles. The molecule has 0 aromatic heterocycles. The topological polar surface area (TPSA) is 44.5 Å². The average molecular weight is 251 g/mol. The predicted octanol–water partition coefficient (Wildman–Crippen LogP) is 3.37. The van der Waals surface area contributed by atoms with E-state index in [1.165, 1.54) is 0 Å². The highest BCUT2D eigenvalue weighted by Crippen LogP contribution is 2.26. The lowest BCUT2D eigenvalue weighted by Crippen LogP contribution is -2.19. The summed E-state index contributed by atoms with van der Waals surface area (Å²) in [6, 6.07) is 8.12. The van der Waals surface area contributed by atoms with Crippen molar-refractivity contribution in [3.8, 4) is 11.5 Å². The molecule has 0 aliphatic carbocycles. The zero-order valence-electron chi connectivity index (χ0n) is 11.5. The molecular weight excluding hydrogens is 226 g/mol. The fourth-order valence-corrected chi connectivity index (χ4v) is 1.63. The summed E-state index contributed by atoms with van der Waals surface area (Å²) in [5, 5.41) is 0. The fraction of sp³-hybridized carbons (Fsp3) is 0.600. The third-order valence-electron chi connectivity index (χ3n) is 2.81. The van der Waals surface area contributed by atoms with Gasteiger partial charge in [0.1, 0.15) is 0 Å². The van der Waals surface area contributed by atoms with E-state index in [0.717, 1.165) is 43.8 Å². The van der Waals surface area contributed by atoms with Gasteiger partial charge < -0.3 is 15.2 Å². The Morgan fingerprint density at radius 3 is 2.22 bits per heavy atom. The third-order valence-corrected chi connectivity index (χ3v) is 2.81. The van der Waals surface area contributed by atoms with Crippen LogP contribution in [0.5, 0.6) is 11.5 Å². The van der Waals surface area contributed by atoms with Crippen LogP contribution in [0.25, 0.3) is 0 Å². The predicted molar refractivity (Wildman–Crippen MR) is 75.2 cm³/mol. The Morgan fingerprint density at radius 2 is 1.67 bits per heavy atom. The Labute approximate surface area is 110 Å². The van der Waals surface area contributed by atoms with Gasteiger partial charge in [-0.25, -0.2) is 0 Å². The molecule has 18 heavy (non-hydrogen) atoms. The van der Waals surface area contributed by atoms with Crippen molar-refractivity contribution < 1.29 is 9.47 Å². The minimum Gasteiger partial charge on any atom is -0.490 e. The van der Waals surface area contributed by atoms with E-state index in [4.69, 9.17) is 15.2 Å². The summed E-state index contributed by atoms with van der Waals surface area (Å²) in [7, 11) is 0.